The molecule has 3 aromatic carbocycles. The molecule has 3 aromatic rings. The maximum atomic E-state index is 11.3. The Labute approximate surface area is 169 Å². The van der Waals surface area contributed by atoms with Crippen LogP contribution < -0.4 is 9.64 Å². The number of hydrogen-bond donors (Lipinski definition) is 1. The number of fused-ring (bicyclic) bond motifs is 4. The summed E-state index contributed by atoms with van der Waals surface area (Å²) in [5.74, 6) is -0.117. The molecule has 0 radical (unpaired) electrons. The number of benzene rings is 3. The molecule has 0 saturated carbocycles. The largest absolute Gasteiger partial charge is 0.481 e. The van der Waals surface area contributed by atoms with Gasteiger partial charge in [-0.15, -0.1) is 0 Å². The predicted octanol–water partition coefficient (Wildman–Crippen LogP) is 4.90. The molecule has 5 rings (SSSR count). The molecule has 1 atom stereocenters. The Morgan fingerprint density at radius 3 is 2.66 bits per heavy atom. The van der Waals surface area contributed by atoms with Crippen LogP contribution in [0.3, 0.4) is 0 Å². The zero-order valence-corrected chi connectivity index (χ0v) is 16.4. The fourth-order valence-corrected chi connectivity index (χ4v) is 4.65. The summed E-state index contributed by atoms with van der Waals surface area (Å²) in [6, 6.07) is 20.2. The van der Waals surface area contributed by atoms with E-state index in [4.69, 9.17) is 9.73 Å². The SMILES string of the molecule is CC1(C)c2ccccc2N(CCC(=O)O)C12C=Nc1c(ccc3ccccc13)O2. The predicted molar refractivity (Wildman–Crippen MR) is 115 cm³/mol. The molecule has 0 aromatic heterocycles. The number of nitrogens with zero attached hydrogens (tertiary/aromatic N) is 2. The van der Waals surface area contributed by atoms with E-state index in [1.807, 2.05) is 54.7 Å². The number of ether oxygens (including phenoxy) is 1. The number of carboxylic acids is 1. The molecule has 5 heteroatoms. The highest BCUT2D eigenvalue weighted by atomic mass is 16.5. The molecule has 1 spiro atoms. The van der Waals surface area contributed by atoms with Crippen molar-refractivity contribution in [3.8, 4) is 5.75 Å². The lowest BCUT2D eigenvalue weighted by Crippen LogP contribution is -2.62. The van der Waals surface area contributed by atoms with Crippen molar-refractivity contribution in [3.63, 3.8) is 0 Å². The molecule has 2 aliphatic rings. The van der Waals surface area contributed by atoms with Gasteiger partial charge in [0.05, 0.1) is 18.1 Å². The van der Waals surface area contributed by atoms with Crippen molar-refractivity contribution in [2.75, 3.05) is 11.4 Å². The van der Waals surface area contributed by atoms with E-state index in [9.17, 15) is 9.90 Å². The number of carbonyl (C=O) groups is 1. The van der Waals surface area contributed by atoms with Gasteiger partial charge in [-0.05, 0) is 36.9 Å². The number of anilines is 1. The van der Waals surface area contributed by atoms with Gasteiger partial charge in [0.1, 0.15) is 11.4 Å². The molecular weight excluding hydrogens is 364 g/mol. The quantitative estimate of drug-likeness (QED) is 0.695. The monoisotopic (exact) mass is 386 g/mol. The minimum atomic E-state index is -0.887. The zero-order valence-electron chi connectivity index (χ0n) is 16.4. The molecule has 29 heavy (non-hydrogen) atoms. The van der Waals surface area contributed by atoms with Gasteiger partial charge in [-0.2, -0.15) is 0 Å². The second-order valence-electron chi connectivity index (χ2n) is 8.13. The van der Waals surface area contributed by atoms with Crippen LogP contribution in [0.15, 0.2) is 65.7 Å². The summed E-state index contributed by atoms with van der Waals surface area (Å²) in [6.45, 7) is 4.60. The van der Waals surface area contributed by atoms with Gasteiger partial charge in [-0.25, -0.2) is 0 Å². The Morgan fingerprint density at radius 1 is 1.07 bits per heavy atom. The summed E-state index contributed by atoms with van der Waals surface area (Å²) in [5.41, 5.74) is 1.63. The number of carboxylic acid groups (broad SMARTS) is 1. The summed E-state index contributed by atoms with van der Waals surface area (Å²) in [4.78, 5) is 18.3. The van der Waals surface area contributed by atoms with Gasteiger partial charge in [0.2, 0.25) is 5.72 Å². The number of aliphatic imine (C=N–C) groups is 1. The smallest absolute Gasteiger partial charge is 0.305 e. The van der Waals surface area contributed by atoms with Gasteiger partial charge in [0.15, 0.2) is 0 Å². The van der Waals surface area contributed by atoms with Gasteiger partial charge in [-0.1, -0.05) is 48.5 Å². The number of hydrogen-bond acceptors (Lipinski definition) is 4. The molecule has 1 unspecified atom stereocenters. The average Bonchev–Trinajstić information content (AvgIpc) is 2.90. The first-order valence-electron chi connectivity index (χ1n) is 9.79. The van der Waals surface area contributed by atoms with E-state index >= 15 is 0 Å². The van der Waals surface area contributed by atoms with Crippen molar-refractivity contribution in [1.82, 2.24) is 0 Å². The van der Waals surface area contributed by atoms with Crippen molar-refractivity contribution in [1.29, 1.82) is 0 Å². The van der Waals surface area contributed by atoms with Crippen LogP contribution in [0.5, 0.6) is 5.75 Å². The standard InChI is InChI=1S/C24H22N2O3/c1-23(2)18-9-5-6-10-19(18)26(14-13-21(27)28)24(23)15-25-22-17-8-4-3-7-16(17)11-12-20(22)29-24/h3-12,15H,13-14H2,1-2H3,(H,27,28). The minimum Gasteiger partial charge on any atom is -0.481 e. The molecule has 0 amide bonds. The van der Waals surface area contributed by atoms with Crippen molar-refractivity contribution in [2.24, 2.45) is 4.99 Å². The Kier molecular flexibility index (Phi) is 3.72. The van der Waals surface area contributed by atoms with E-state index in [-0.39, 0.29) is 6.42 Å². The van der Waals surface area contributed by atoms with Crippen molar-refractivity contribution < 1.29 is 14.6 Å². The zero-order chi connectivity index (χ0) is 20.2. The minimum absolute atomic E-state index is 0.0218. The van der Waals surface area contributed by atoms with Crippen molar-refractivity contribution >= 4 is 34.3 Å². The summed E-state index contributed by atoms with van der Waals surface area (Å²) in [6.07, 6.45) is 1.89. The van der Waals surface area contributed by atoms with E-state index in [2.05, 4.69) is 30.9 Å². The molecule has 2 heterocycles. The molecule has 5 nitrogen and oxygen atoms in total. The normalized spacial score (nSPS) is 21.1. The number of rotatable bonds is 3. The van der Waals surface area contributed by atoms with Crippen LogP contribution in [0.2, 0.25) is 0 Å². The van der Waals surface area contributed by atoms with Gasteiger partial charge >= 0.3 is 5.97 Å². The van der Waals surface area contributed by atoms with Crippen molar-refractivity contribution in [2.45, 2.75) is 31.4 Å². The van der Waals surface area contributed by atoms with Gasteiger partial charge in [-0.3, -0.25) is 9.79 Å². The summed E-state index contributed by atoms with van der Waals surface area (Å²) in [7, 11) is 0. The van der Waals surface area contributed by atoms with Crippen LogP contribution in [0.4, 0.5) is 11.4 Å². The second-order valence-corrected chi connectivity index (χ2v) is 8.13. The maximum Gasteiger partial charge on any atom is 0.305 e. The lowest BCUT2D eigenvalue weighted by Gasteiger charge is -2.46. The lowest BCUT2D eigenvalue weighted by molar-refractivity contribution is -0.136. The fraction of sp³-hybridized carbons (Fsp3) is 0.250. The van der Waals surface area contributed by atoms with Crippen LogP contribution in [0.25, 0.3) is 10.8 Å². The maximum absolute atomic E-state index is 11.3. The average molecular weight is 386 g/mol. The molecule has 0 saturated heterocycles. The third kappa shape index (κ3) is 2.40. The van der Waals surface area contributed by atoms with Crippen LogP contribution in [-0.4, -0.2) is 29.6 Å². The van der Waals surface area contributed by atoms with Crippen LogP contribution in [-0.2, 0) is 10.2 Å². The topological polar surface area (TPSA) is 62.1 Å². The Morgan fingerprint density at radius 2 is 1.83 bits per heavy atom. The van der Waals surface area contributed by atoms with E-state index in [1.165, 1.54) is 0 Å². The first kappa shape index (κ1) is 17.7. The third-order valence-corrected chi connectivity index (χ3v) is 6.21. The molecule has 146 valence electrons. The molecule has 0 fully saturated rings. The Balaban J connectivity index is 1.68. The van der Waals surface area contributed by atoms with Crippen LogP contribution in [0, 0.1) is 0 Å². The molecule has 0 aliphatic carbocycles. The lowest BCUT2D eigenvalue weighted by atomic mass is 9.77. The molecule has 1 N–H and O–H groups in total. The van der Waals surface area contributed by atoms with E-state index in [0.717, 1.165) is 27.7 Å². The van der Waals surface area contributed by atoms with E-state index in [0.29, 0.717) is 12.3 Å². The Hall–Kier alpha value is -3.34. The number of para-hydroxylation sites is 1. The van der Waals surface area contributed by atoms with E-state index in [1.54, 1.807) is 0 Å². The van der Waals surface area contributed by atoms with Gasteiger partial charge in [0.25, 0.3) is 0 Å². The Bertz CT molecular complexity index is 1170. The van der Waals surface area contributed by atoms with Crippen molar-refractivity contribution in [3.05, 3.63) is 66.2 Å². The van der Waals surface area contributed by atoms with Gasteiger partial charge in [0, 0.05) is 17.6 Å². The summed E-state index contributed by atoms with van der Waals surface area (Å²) < 4.78 is 6.71. The molecule has 0 bridgehead atoms. The summed E-state index contributed by atoms with van der Waals surface area (Å²) in [5, 5.41) is 11.5. The first-order valence-corrected chi connectivity index (χ1v) is 9.79. The molecule has 2 aliphatic heterocycles. The second kappa shape index (κ2) is 6.08. The summed E-state index contributed by atoms with van der Waals surface area (Å²) >= 11 is 0. The highest BCUT2D eigenvalue weighted by Crippen LogP contribution is 2.54. The third-order valence-electron chi connectivity index (χ3n) is 6.21. The van der Waals surface area contributed by atoms with Crippen LogP contribution >= 0.6 is 0 Å². The molecular formula is C24H22N2O3. The van der Waals surface area contributed by atoms with E-state index < -0.39 is 17.1 Å². The van der Waals surface area contributed by atoms with Crippen LogP contribution in [0.1, 0.15) is 25.8 Å². The number of aliphatic carboxylic acids is 1. The van der Waals surface area contributed by atoms with Gasteiger partial charge < -0.3 is 14.7 Å². The highest BCUT2D eigenvalue weighted by molar-refractivity contribution is 5.99. The highest BCUT2D eigenvalue weighted by Gasteiger charge is 2.59. The first-order chi connectivity index (χ1) is 13.9. The fourth-order valence-electron chi connectivity index (χ4n) is 4.65.